The molecule has 0 bridgehead atoms. The molecule has 4 aromatic rings. The molecule has 0 atom stereocenters. The summed E-state index contributed by atoms with van der Waals surface area (Å²) in [5.74, 6) is 0.651. The van der Waals surface area contributed by atoms with Gasteiger partial charge in [0.25, 0.3) is 0 Å². The van der Waals surface area contributed by atoms with Crippen molar-refractivity contribution in [2.24, 2.45) is 0 Å². The molecule has 2 aromatic carbocycles. The molecule has 27 heavy (non-hydrogen) atoms. The molecular formula is C23H22N4. The van der Waals surface area contributed by atoms with Crippen LogP contribution in [0.25, 0.3) is 22.0 Å². The number of hydrogen-bond acceptors (Lipinski definition) is 4. The number of fused-ring (bicyclic) bond motifs is 1. The molecule has 0 fully saturated rings. The Morgan fingerprint density at radius 3 is 2.70 bits per heavy atom. The van der Waals surface area contributed by atoms with E-state index in [0.717, 1.165) is 29.6 Å². The van der Waals surface area contributed by atoms with Gasteiger partial charge in [0.15, 0.2) is 0 Å². The highest BCUT2D eigenvalue weighted by molar-refractivity contribution is 5.85. The molecule has 0 aliphatic rings. The van der Waals surface area contributed by atoms with Crippen molar-refractivity contribution in [3.05, 3.63) is 83.8 Å². The van der Waals surface area contributed by atoms with Crippen molar-refractivity contribution >= 4 is 16.9 Å². The second-order valence-electron chi connectivity index (χ2n) is 6.71. The molecule has 4 nitrogen and oxygen atoms in total. The van der Waals surface area contributed by atoms with Gasteiger partial charge >= 0.3 is 0 Å². The Balaban J connectivity index is 1.53. The van der Waals surface area contributed by atoms with Crippen LogP contribution in [0.4, 0.5) is 5.95 Å². The number of rotatable bonds is 5. The number of hydrogen-bond donors (Lipinski definition) is 1. The zero-order valence-corrected chi connectivity index (χ0v) is 15.6. The molecule has 0 saturated heterocycles. The van der Waals surface area contributed by atoms with E-state index < -0.39 is 0 Å². The third-order valence-corrected chi connectivity index (χ3v) is 4.89. The van der Waals surface area contributed by atoms with Crippen LogP contribution in [0.5, 0.6) is 0 Å². The fraction of sp³-hybridized carbons (Fsp3) is 0.174. The van der Waals surface area contributed by atoms with Crippen molar-refractivity contribution in [1.29, 1.82) is 0 Å². The molecule has 1 N–H and O–H groups in total. The number of aryl methyl sites for hydroxylation is 1. The summed E-state index contributed by atoms with van der Waals surface area (Å²) in [6.07, 6.45) is 4.54. The lowest BCUT2D eigenvalue weighted by Crippen LogP contribution is -2.08. The second-order valence-corrected chi connectivity index (χ2v) is 6.71. The standard InChI is InChI=1S/C23H22N4/c1-16-6-5-8-21(17(16)2)18-9-10-22-19(14-18)15-26-23(27-22)25-13-11-20-7-3-4-12-24-20/h3-10,12,14-15H,11,13H2,1-2H3,(H,25,26,27). The van der Waals surface area contributed by atoms with Gasteiger partial charge < -0.3 is 5.32 Å². The van der Waals surface area contributed by atoms with E-state index in [2.05, 4.69) is 70.5 Å². The Morgan fingerprint density at radius 2 is 1.85 bits per heavy atom. The number of aromatic nitrogens is 3. The Bertz CT molecular complexity index is 1070. The van der Waals surface area contributed by atoms with Gasteiger partial charge in [-0.15, -0.1) is 0 Å². The van der Waals surface area contributed by atoms with Crippen LogP contribution < -0.4 is 5.32 Å². The van der Waals surface area contributed by atoms with Gasteiger partial charge in [-0.1, -0.05) is 30.3 Å². The molecule has 4 heteroatoms. The summed E-state index contributed by atoms with van der Waals surface area (Å²) < 4.78 is 0. The number of pyridine rings is 1. The van der Waals surface area contributed by atoms with Gasteiger partial charge in [-0.2, -0.15) is 0 Å². The maximum atomic E-state index is 4.64. The van der Waals surface area contributed by atoms with Crippen LogP contribution >= 0.6 is 0 Å². The fourth-order valence-corrected chi connectivity index (χ4v) is 3.20. The van der Waals surface area contributed by atoms with Crippen LogP contribution in [0.3, 0.4) is 0 Å². The highest BCUT2D eigenvalue weighted by Gasteiger charge is 2.06. The fourth-order valence-electron chi connectivity index (χ4n) is 3.20. The second kappa shape index (κ2) is 7.54. The van der Waals surface area contributed by atoms with E-state index in [1.165, 1.54) is 22.3 Å². The molecule has 134 valence electrons. The predicted octanol–water partition coefficient (Wildman–Crippen LogP) is 4.96. The molecule has 0 aliphatic carbocycles. The van der Waals surface area contributed by atoms with Gasteiger partial charge in [0.05, 0.1) is 5.52 Å². The Morgan fingerprint density at radius 1 is 0.926 bits per heavy atom. The molecule has 0 amide bonds. The lowest BCUT2D eigenvalue weighted by Gasteiger charge is -2.10. The van der Waals surface area contributed by atoms with Crippen molar-refractivity contribution in [3.8, 4) is 11.1 Å². The van der Waals surface area contributed by atoms with Gasteiger partial charge in [0.2, 0.25) is 5.95 Å². The number of nitrogens with zero attached hydrogens (tertiary/aromatic N) is 3. The van der Waals surface area contributed by atoms with E-state index in [1.54, 1.807) is 0 Å². The summed E-state index contributed by atoms with van der Waals surface area (Å²) >= 11 is 0. The molecule has 0 unspecified atom stereocenters. The summed E-state index contributed by atoms with van der Waals surface area (Å²) in [5.41, 5.74) is 7.07. The Hall–Kier alpha value is -3.27. The summed E-state index contributed by atoms with van der Waals surface area (Å²) in [6.45, 7) is 5.06. The lowest BCUT2D eigenvalue weighted by molar-refractivity contribution is 0.945. The van der Waals surface area contributed by atoms with E-state index in [4.69, 9.17) is 0 Å². The van der Waals surface area contributed by atoms with Crippen molar-refractivity contribution in [3.63, 3.8) is 0 Å². The Labute approximate surface area is 159 Å². The minimum atomic E-state index is 0.651. The minimum Gasteiger partial charge on any atom is -0.354 e. The molecule has 4 rings (SSSR count). The summed E-state index contributed by atoms with van der Waals surface area (Å²) in [4.78, 5) is 13.4. The molecule has 0 aliphatic heterocycles. The molecule has 0 radical (unpaired) electrons. The number of nitrogens with one attached hydrogen (secondary N) is 1. The zero-order valence-electron chi connectivity index (χ0n) is 15.6. The van der Waals surface area contributed by atoms with Crippen molar-refractivity contribution in [2.75, 3.05) is 11.9 Å². The molecule has 2 heterocycles. The maximum Gasteiger partial charge on any atom is 0.223 e. The van der Waals surface area contributed by atoms with Crippen molar-refractivity contribution in [1.82, 2.24) is 15.0 Å². The van der Waals surface area contributed by atoms with Crippen molar-refractivity contribution < 1.29 is 0 Å². The van der Waals surface area contributed by atoms with Gasteiger partial charge in [-0.05, 0) is 60.4 Å². The van der Waals surface area contributed by atoms with Crippen molar-refractivity contribution in [2.45, 2.75) is 20.3 Å². The molecular weight excluding hydrogens is 332 g/mol. The van der Waals surface area contributed by atoms with Gasteiger partial charge in [-0.25, -0.2) is 9.97 Å². The number of benzene rings is 2. The van der Waals surface area contributed by atoms with Gasteiger partial charge in [0, 0.05) is 36.4 Å². The van der Waals surface area contributed by atoms with Crippen LogP contribution in [-0.4, -0.2) is 21.5 Å². The smallest absolute Gasteiger partial charge is 0.223 e. The van der Waals surface area contributed by atoms with Gasteiger partial charge in [0.1, 0.15) is 0 Å². The number of anilines is 1. The zero-order chi connectivity index (χ0) is 18.6. The maximum absolute atomic E-state index is 4.64. The van der Waals surface area contributed by atoms with E-state index in [9.17, 15) is 0 Å². The normalized spacial score (nSPS) is 10.9. The first kappa shape index (κ1) is 17.2. The SMILES string of the molecule is Cc1cccc(-c2ccc3nc(NCCc4ccccn4)ncc3c2)c1C. The largest absolute Gasteiger partial charge is 0.354 e. The monoisotopic (exact) mass is 354 g/mol. The van der Waals surface area contributed by atoms with E-state index in [1.807, 2.05) is 30.6 Å². The third-order valence-electron chi connectivity index (χ3n) is 4.89. The highest BCUT2D eigenvalue weighted by atomic mass is 15.1. The summed E-state index contributed by atoms with van der Waals surface area (Å²) in [5, 5.41) is 4.33. The quantitative estimate of drug-likeness (QED) is 0.550. The molecule has 0 spiro atoms. The first-order chi connectivity index (χ1) is 13.2. The van der Waals surface area contributed by atoms with Crippen LogP contribution in [0.1, 0.15) is 16.8 Å². The molecule has 2 aromatic heterocycles. The van der Waals surface area contributed by atoms with Crippen LogP contribution in [0.15, 0.2) is 67.0 Å². The summed E-state index contributed by atoms with van der Waals surface area (Å²) in [7, 11) is 0. The van der Waals surface area contributed by atoms with Crippen LogP contribution in [-0.2, 0) is 6.42 Å². The van der Waals surface area contributed by atoms with Crippen LogP contribution in [0, 0.1) is 13.8 Å². The van der Waals surface area contributed by atoms with E-state index in [-0.39, 0.29) is 0 Å². The van der Waals surface area contributed by atoms with Crippen LogP contribution in [0.2, 0.25) is 0 Å². The topological polar surface area (TPSA) is 50.7 Å². The first-order valence-corrected chi connectivity index (χ1v) is 9.18. The Kier molecular flexibility index (Phi) is 4.79. The highest BCUT2D eigenvalue weighted by Crippen LogP contribution is 2.28. The minimum absolute atomic E-state index is 0.651. The molecule has 0 saturated carbocycles. The third kappa shape index (κ3) is 3.80. The lowest BCUT2D eigenvalue weighted by atomic mass is 9.96. The predicted molar refractivity (Wildman–Crippen MR) is 111 cm³/mol. The average molecular weight is 354 g/mol. The summed E-state index contributed by atoms with van der Waals surface area (Å²) in [6, 6.07) is 18.7. The van der Waals surface area contributed by atoms with Gasteiger partial charge in [-0.3, -0.25) is 4.98 Å². The van der Waals surface area contributed by atoms with E-state index >= 15 is 0 Å². The average Bonchev–Trinajstić information content (AvgIpc) is 2.70. The van der Waals surface area contributed by atoms with E-state index in [0.29, 0.717) is 5.95 Å². The first-order valence-electron chi connectivity index (χ1n) is 9.18.